The van der Waals surface area contributed by atoms with E-state index in [4.69, 9.17) is 9.97 Å². The van der Waals surface area contributed by atoms with Gasteiger partial charge >= 0.3 is 0 Å². The summed E-state index contributed by atoms with van der Waals surface area (Å²) < 4.78 is 16.1. The van der Waals surface area contributed by atoms with E-state index >= 15 is 0 Å². The van der Waals surface area contributed by atoms with Crippen molar-refractivity contribution in [1.82, 2.24) is 24.4 Å². The molecule has 2 aromatic heterocycles. The van der Waals surface area contributed by atoms with Crippen molar-refractivity contribution in [2.45, 2.75) is 37.0 Å². The van der Waals surface area contributed by atoms with Gasteiger partial charge in [0.15, 0.2) is 5.16 Å². The van der Waals surface area contributed by atoms with Gasteiger partial charge in [0, 0.05) is 43.9 Å². The molecule has 0 N–H and O–H groups in total. The summed E-state index contributed by atoms with van der Waals surface area (Å²) in [5, 5.41) is 0.736. The van der Waals surface area contributed by atoms with Crippen LogP contribution in [0.3, 0.4) is 0 Å². The molecular formula is C27H26FN5S. The minimum Gasteiger partial charge on any atom is -0.322 e. The van der Waals surface area contributed by atoms with Gasteiger partial charge in [-0.2, -0.15) is 0 Å². The van der Waals surface area contributed by atoms with E-state index < -0.39 is 0 Å². The van der Waals surface area contributed by atoms with Gasteiger partial charge in [-0.25, -0.2) is 19.3 Å². The molecule has 0 aliphatic carbocycles. The highest BCUT2D eigenvalue weighted by atomic mass is 32.2. The second kappa shape index (κ2) is 8.96. The SMILES string of the molecule is CSc1nccc(-c2c(-c3ccc(F)cc3)nc3n2[C@H](CN2CCc4ccccc4C2)CC3)n1. The van der Waals surface area contributed by atoms with Gasteiger partial charge in [0.05, 0.1) is 17.1 Å². The predicted octanol–water partition coefficient (Wildman–Crippen LogP) is 5.41. The maximum Gasteiger partial charge on any atom is 0.187 e. The molecule has 0 fully saturated rings. The molecule has 6 rings (SSSR count). The smallest absolute Gasteiger partial charge is 0.187 e. The molecule has 2 aromatic carbocycles. The van der Waals surface area contributed by atoms with Crippen LogP contribution in [0.2, 0.25) is 0 Å². The highest BCUT2D eigenvalue weighted by Gasteiger charge is 2.32. The van der Waals surface area contributed by atoms with Crippen molar-refractivity contribution < 1.29 is 4.39 Å². The van der Waals surface area contributed by atoms with E-state index in [9.17, 15) is 4.39 Å². The van der Waals surface area contributed by atoms with E-state index in [0.29, 0.717) is 6.04 Å². The van der Waals surface area contributed by atoms with Crippen molar-refractivity contribution in [2.24, 2.45) is 0 Å². The standard InChI is InChI=1S/C27H26FN5S/c1-34-27-29-14-12-23(30-27)26-25(19-6-8-21(28)9-7-19)31-24-11-10-22(33(24)26)17-32-15-13-18-4-2-3-5-20(18)16-32/h2-9,12,14,22H,10-11,13,15-17H2,1H3/t22-/m0/s1. The number of halogens is 1. The van der Waals surface area contributed by atoms with Crippen molar-refractivity contribution in [2.75, 3.05) is 19.3 Å². The highest BCUT2D eigenvalue weighted by molar-refractivity contribution is 7.98. The highest BCUT2D eigenvalue weighted by Crippen LogP contribution is 2.40. The number of nitrogens with zero attached hydrogens (tertiary/aromatic N) is 5. The first-order chi connectivity index (χ1) is 16.7. The fourth-order valence-corrected chi connectivity index (χ4v) is 5.64. The Labute approximate surface area is 203 Å². The molecule has 0 radical (unpaired) electrons. The molecule has 0 unspecified atom stereocenters. The minimum atomic E-state index is -0.244. The summed E-state index contributed by atoms with van der Waals surface area (Å²) in [4.78, 5) is 16.8. The molecule has 0 saturated carbocycles. The van der Waals surface area contributed by atoms with Gasteiger partial charge in [-0.1, -0.05) is 36.0 Å². The summed E-state index contributed by atoms with van der Waals surface area (Å²) in [5.41, 5.74) is 6.57. The molecule has 34 heavy (non-hydrogen) atoms. The average molecular weight is 472 g/mol. The lowest BCUT2D eigenvalue weighted by molar-refractivity contribution is 0.218. The number of rotatable bonds is 5. The Morgan fingerprint density at radius 2 is 1.82 bits per heavy atom. The number of imidazole rings is 1. The number of aryl methyl sites for hydroxylation is 1. The average Bonchev–Trinajstić information content (AvgIpc) is 3.44. The summed E-state index contributed by atoms with van der Waals surface area (Å²) in [6.07, 6.45) is 6.89. The Morgan fingerprint density at radius 1 is 1.00 bits per heavy atom. The van der Waals surface area contributed by atoms with Crippen molar-refractivity contribution in [3.63, 3.8) is 0 Å². The van der Waals surface area contributed by atoms with Crippen LogP contribution in [-0.2, 0) is 19.4 Å². The van der Waals surface area contributed by atoms with E-state index in [1.807, 2.05) is 30.7 Å². The predicted molar refractivity (Wildman–Crippen MR) is 133 cm³/mol. The number of thioether (sulfide) groups is 1. The minimum absolute atomic E-state index is 0.244. The van der Waals surface area contributed by atoms with Crippen LogP contribution in [0.25, 0.3) is 22.6 Å². The van der Waals surface area contributed by atoms with Crippen LogP contribution in [0, 0.1) is 5.82 Å². The van der Waals surface area contributed by atoms with Gasteiger partial charge in [-0.3, -0.25) is 4.90 Å². The zero-order chi connectivity index (χ0) is 23.1. The number of aromatic nitrogens is 4. The molecule has 4 aromatic rings. The second-order valence-electron chi connectivity index (χ2n) is 8.98. The molecule has 2 aliphatic heterocycles. The van der Waals surface area contributed by atoms with E-state index in [1.54, 1.807) is 0 Å². The maximum absolute atomic E-state index is 13.7. The fourth-order valence-electron chi connectivity index (χ4n) is 5.28. The molecule has 4 heterocycles. The Bertz CT molecular complexity index is 1330. The topological polar surface area (TPSA) is 46.8 Å². The van der Waals surface area contributed by atoms with Crippen molar-refractivity contribution in [3.05, 3.63) is 83.6 Å². The molecule has 172 valence electrons. The Kier molecular flexibility index (Phi) is 5.67. The van der Waals surface area contributed by atoms with Crippen LogP contribution in [0.4, 0.5) is 4.39 Å². The van der Waals surface area contributed by atoms with E-state index in [2.05, 4.69) is 38.7 Å². The maximum atomic E-state index is 13.7. The van der Waals surface area contributed by atoms with Crippen LogP contribution < -0.4 is 0 Å². The van der Waals surface area contributed by atoms with Crippen molar-refractivity contribution in [3.8, 4) is 22.6 Å². The third-order valence-corrected chi connectivity index (χ3v) is 7.47. The largest absolute Gasteiger partial charge is 0.322 e. The summed E-state index contributed by atoms with van der Waals surface area (Å²) >= 11 is 1.53. The molecule has 0 amide bonds. The summed E-state index contributed by atoms with van der Waals surface area (Å²) in [5.74, 6) is 0.841. The Morgan fingerprint density at radius 3 is 2.65 bits per heavy atom. The number of fused-ring (bicyclic) bond motifs is 2. The van der Waals surface area contributed by atoms with Gasteiger partial charge in [0.1, 0.15) is 11.6 Å². The first kappa shape index (κ1) is 21.5. The summed E-state index contributed by atoms with van der Waals surface area (Å²) in [6.45, 7) is 3.04. The molecule has 1 atom stereocenters. The van der Waals surface area contributed by atoms with Crippen molar-refractivity contribution >= 4 is 11.8 Å². The zero-order valence-corrected chi connectivity index (χ0v) is 19.9. The van der Waals surface area contributed by atoms with Gasteiger partial charge in [-0.15, -0.1) is 0 Å². The lowest BCUT2D eigenvalue weighted by atomic mass is 9.99. The van der Waals surface area contributed by atoms with Gasteiger partial charge in [0.25, 0.3) is 0 Å². The molecule has 0 saturated heterocycles. The first-order valence-electron chi connectivity index (χ1n) is 11.7. The van der Waals surface area contributed by atoms with Crippen molar-refractivity contribution in [1.29, 1.82) is 0 Å². The molecule has 7 heteroatoms. The van der Waals surface area contributed by atoms with E-state index in [0.717, 1.165) is 72.5 Å². The Hall–Kier alpha value is -3.03. The summed E-state index contributed by atoms with van der Waals surface area (Å²) in [7, 11) is 0. The van der Waals surface area contributed by atoms with Crippen LogP contribution >= 0.6 is 11.8 Å². The monoisotopic (exact) mass is 471 g/mol. The molecule has 2 aliphatic rings. The molecule has 0 spiro atoms. The van der Waals surface area contributed by atoms with Gasteiger partial charge in [0.2, 0.25) is 0 Å². The third kappa shape index (κ3) is 3.93. The fraction of sp³-hybridized carbons (Fsp3) is 0.296. The Balaban J connectivity index is 1.40. The number of hydrogen-bond acceptors (Lipinski definition) is 5. The van der Waals surface area contributed by atoms with Gasteiger partial charge in [-0.05, 0) is 60.6 Å². The van der Waals surface area contributed by atoms with Crippen LogP contribution in [0.5, 0.6) is 0 Å². The number of hydrogen-bond donors (Lipinski definition) is 0. The second-order valence-corrected chi connectivity index (χ2v) is 9.75. The normalized spacial score (nSPS) is 17.5. The molecular weight excluding hydrogens is 445 g/mol. The van der Waals surface area contributed by atoms with E-state index in [1.165, 1.54) is 35.0 Å². The zero-order valence-electron chi connectivity index (χ0n) is 19.1. The number of benzene rings is 2. The lowest BCUT2D eigenvalue weighted by Crippen LogP contribution is -2.34. The van der Waals surface area contributed by atoms with Gasteiger partial charge < -0.3 is 4.57 Å². The van der Waals surface area contributed by atoms with Crippen LogP contribution in [0.15, 0.2) is 66.0 Å². The quantitative estimate of drug-likeness (QED) is 0.288. The molecule has 0 bridgehead atoms. The third-order valence-electron chi connectivity index (χ3n) is 6.91. The van der Waals surface area contributed by atoms with Crippen LogP contribution in [0.1, 0.15) is 29.4 Å². The summed E-state index contributed by atoms with van der Waals surface area (Å²) in [6, 6.07) is 17.7. The van der Waals surface area contributed by atoms with E-state index in [-0.39, 0.29) is 5.82 Å². The first-order valence-corrected chi connectivity index (χ1v) is 13.0. The lowest BCUT2D eigenvalue weighted by Gasteiger charge is -2.31. The molecule has 5 nitrogen and oxygen atoms in total. The van der Waals surface area contributed by atoms with Crippen LogP contribution in [-0.4, -0.2) is 43.8 Å².